The largest absolute Gasteiger partial charge is 0.394 e. The normalized spacial score (nSPS) is 31.8. The predicted octanol–water partition coefficient (Wildman–Crippen LogP) is -0.398. The number of aliphatic hydroxyl groups is 2. The van der Waals surface area contributed by atoms with E-state index in [2.05, 4.69) is 9.97 Å². The molecule has 19 heavy (non-hydrogen) atoms. The molecule has 2 aromatic heterocycles. The Morgan fingerprint density at radius 1 is 1.58 bits per heavy atom. The number of nitrogen functional groups attached to an aromatic ring is 1. The van der Waals surface area contributed by atoms with Crippen molar-refractivity contribution in [2.24, 2.45) is 0 Å². The first-order valence-electron chi connectivity index (χ1n) is 6.20. The number of anilines is 1. The zero-order chi connectivity index (χ0) is 14.4. The van der Waals surface area contributed by atoms with E-state index in [0.29, 0.717) is 5.39 Å². The highest BCUT2D eigenvalue weighted by Gasteiger charge is 2.45. The van der Waals surface area contributed by atoms with Crippen LogP contribution in [0.5, 0.6) is 0 Å². The minimum absolute atomic E-state index is 0.0378. The molecule has 0 aromatic carbocycles. The predicted molar refractivity (Wildman–Crippen MR) is 63.8 cm³/mol. The molecule has 8 heteroatoms. The third-order valence-electron chi connectivity index (χ3n) is 3.20. The summed E-state index contributed by atoms with van der Waals surface area (Å²) in [4.78, 5) is 7.76. The van der Waals surface area contributed by atoms with Gasteiger partial charge < -0.3 is 25.3 Å². The van der Waals surface area contributed by atoms with Gasteiger partial charge in [-0.15, -0.1) is 0 Å². The van der Waals surface area contributed by atoms with Crippen molar-refractivity contribution in [1.29, 1.82) is 0 Å². The Hall–Kier alpha value is -1.77. The molecule has 0 spiro atoms. The highest BCUT2D eigenvalue weighted by molar-refractivity contribution is 5.86. The van der Waals surface area contributed by atoms with Gasteiger partial charge in [0.15, 0.2) is 12.4 Å². The molecule has 0 amide bonds. The summed E-state index contributed by atoms with van der Waals surface area (Å²) in [6.07, 6.45) is -2.83. The van der Waals surface area contributed by atoms with Crippen molar-refractivity contribution in [2.75, 3.05) is 12.3 Å². The lowest BCUT2D eigenvalue weighted by atomic mass is 10.1. The molecule has 1 fully saturated rings. The number of hydrogen-bond acceptors (Lipinski definition) is 6. The second-order valence-electron chi connectivity index (χ2n) is 4.32. The van der Waals surface area contributed by atoms with Crippen molar-refractivity contribution >= 4 is 16.9 Å². The van der Waals surface area contributed by atoms with Gasteiger partial charge in [0.05, 0.1) is 13.4 Å². The summed E-state index contributed by atoms with van der Waals surface area (Å²) < 4.78 is 28.5. The molecule has 0 bridgehead atoms. The fourth-order valence-corrected chi connectivity index (χ4v) is 2.19. The number of hydrogen-bond donors (Lipinski definition) is 3. The maximum absolute atomic E-state index is 14.1. The highest BCUT2D eigenvalue weighted by Crippen LogP contribution is 2.34. The van der Waals surface area contributed by atoms with Crippen molar-refractivity contribution in [1.82, 2.24) is 14.5 Å². The monoisotopic (exact) mass is 270 g/mol. The van der Waals surface area contributed by atoms with Crippen molar-refractivity contribution in [2.45, 2.75) is 24.6 Å². The van der Waals surface area contributed by atoms with E-state index in [0.717, 1.165) is 0 Å². The Bertz CT molecular complexity index is 652. The summed E-state index contributed by atoms with van der Waals surface area (Å²) in [7, 11) is 0. The van der Waals surface area contributed by atoms with Crippen molar-refractivity contribution in [3.63, 3.8) is 0 Å². The van der Waals surface area contributed by atoms with E-state index in [1.54, 1.807) is 0 Å². The molecule has 0 saturated carbocycles. The van der Waals surface area contributed by atoms with E-state index in [1.807, 2.05) is 0 Å². The molecule has 4 atom stereocenters. The molecular formula is C11H13FN4O3. The minimum atomic E-state index is -1.74. The smallest absolute Gasteiger partial charge is 0.173 e. The molecule has 102 valence electrons. The molecule has 0 radical (unpaired) electrons. The van der Waals surface area contributed by atoms with Crippen LogP contribution in [0.2, 0.25) is 0 Å². The van der Waals surface area contributed by atoms with Gasteiger partial charge in [-0.25, -0.2) is 14.4 Å². The fraction of sp³-hybridized carbons (Fsp3) is 0.455. The Kier molecular flexibility index (Phi) is 2.57. The van der Waals surface area contributed by atoms with E-state index in [-0.39, 0.29) is 17.5 Å². The third-order valence-corrected chi connectivity index (χ3v) is 3.20. The van der Waals surface area contributed by atoms with Crippen LogP contribution in [-0.2, 0) is 4.74 Å². The van der Waals surface area contributed by atoms with Crippen molar-refractivity contribution in [3.8, 4) is 0 Å². The number of aromatic nitrogens is 3. The van der Waals surface area contributed by atoms with Gasteiger partial charge in [0.1, 0.15) is 30.0 Å². The average Bonchev–Trinajstić information content (AvgIpc) is 2.90. The fourth-order valence-electron chi connectivity index (χ4n) is 2.19. The Balaban J connectivity index is 2.10. The van der Waals surface area contributed by atoms with Gasteiger partial charge in [-0.1, -0.05) is 0 Å². The van der Waals surface area contributed by atoms with Crippen LogP contribution in [-0.4, -0.2) is 49.7 Å². The van der Waals surface area contributed by atoms with Crippen LogP contribution >= 0.6 is 0 Å². The average molecular weight is 270 g/mol. The molecule has 7 nitrogen and oxygen atoms in total. The quantitative estimate of drug-likeness (QED) is 0.685. The SMILES string of the molecule is [3H]c1cn([C@@H]2O[C@H](CO)[C@@H](O)[C@H]2F)c2ncnc(N)c12. The summed E-state index contributed by atoms with van der Waals surface area (Å²) in [5.74, 6) is 0.117. The summed E-state index contributed by atoms with van der Waals surface area (Å²) >= 11 is 0. The Morgan fingerprint density at radius 2 is 2.37 bits per heavy atom. The zero-order valence-electron chi connectivity index (χ0n) is 10.8. The first-order chi connectivity index (χ1) is 9.54. The second-order valence-corrected chi connectivity index (χ2v) is 4.32. The van der Waals surface area contributed by atoms with E-state index in [4.69, 9.17) is 16.9 Å². The highest BCUT2D eigenvalue weighted by atomic mass is 19.1. The second kappa shape index (κ2) is 4.41. The minimum Gasteiger partial charge on any atom is -0.394 e. The lowest BCUT2D eigenvalue weighted by molar-refractivity contribution is -0.0457. The number of alkyl halides is 1. The van der Waals surface area contributed by atoms with E-state index in [1.165, 1.54) is 17.1 Å². The molecular weight excluding hydrogens is 255 g/mol. The maximum atomic E-state index is 14.1. The number of aliphatic hydroxyl groups excluding tert-OH is 2. The molecule has 4 N–H and O–H groups in total. The standard InChI is InChI=1S/C11H13FN4O3/c12-7-8(18)6(3-17)19-11(7)16-2-1-5-9(13)14-4-15-10(5)16/h1-2,4,6-8,11,17-18H,3H2,(H2,13,14,15)/t6-,7-,8-,11-/m1/s1/i1T. The molecule has 1 saturated heterocycles. The molecule has 1 aliphatic rings. The number of halogens is 1. The van der Waals surface area contributed by atoms with Crippen LogP contribution in [0.25, 0.3) is 11.0 Å². The summed E-state index contributed by atoms with van der Waals surface area (Å²) in [5.41, 5.74) is 5.93. The van der Waals surface area contributed by atoms with Gasteiger partial charge >= 0.3 is 0 Å². The third kappa shape index (κ3) is 1.76. The molecule has 3 rings (SSSR count). The Labute approximate surface area is 108 Å². The first kappa shape index (κ1) is 11.1. The lowest BCUT2D eigenvalue weighted by Gasteiger charge is -2.15. The summed E-state index contributed by atoms with van der Waals surface area (Å²) in [6.45, 7) is -0.498. The van der Waals surface area contributed by atoms with E-state index in [9.17, 15) is 9.50 Å². The van der Waals surface area contributed by atoms with Crippen LogP contribution in [0, 0.1) is 0 Å². The Morgan fingerprint density at radius 3 is 3.05 bits per heavy atom. The lowest BCUT2D eigenvalue weighted by Crippen LogP contribution is -2.30. The zero-order valence-corrected chi connectivity index (χ0v) is 9.77. The van der Waals surface area contributed by atoms with Gasteiger partial charge in [-0.05, 0) is 6.04 Å². The van der Waals surface area contributed by atoms with Crippen molar-refractivity contribution < 1.29 is 20.7 Å². The number of fused-ring (bicyclic) bond motifs is 1. The number of ether oxygens (including phenoxy) is 1. The van der Waals surface area contributed by atoms with Gasteiger partial charge in [0.2, 0.25) is 0 Å². The molecule has 0 aliphatic carbocycles. The van der Waals surface area contributed by atoms with Gasteiger partial charge in [-0.2, -0.15) is 0 Å². The van der Waals surface area contributed by atoms with E-state index < -0.39 is 31.2 Å². The molecule has 3 heterocycles. The van der Waals surface area contributed by atoms with Gasteiger partial charge in [0.25, 0.3) is 0 Å². The van der Waals surface area contributed by atoms with Crippen molar-refractivity contribution in [3.05, 3.63) is 18.6 Å². The van der Waals surface area contributed by atoms with Crippen LogP contribution in [0.1, 0.15) is 7.60 Å². The number of rotatable bonds is 2. The topological polar surface area (TPSA) is 106 Å². The maximum Gasteiger partial charge on any atom is 0.173 e. The van der Waals surface area contributed by atoms with Crippen LogP contribution in [0.3, 0.4) is 0 Å². The molecule has 1 aliphatic heterocycles. The van der Waals surface area contributed by atoms with E-state index >= 15 is 0 Å². The number of nitrogens with zero attached hydrogens (tertiary/aromatic N) is 3. The molecule has 2 aromatic rings. The van der Waals surface area contributed by atoms with Crippen LogP contribution < -0.4 is 5.73 Å². The number of nitrogens with two attached hydrogens (primary N) is 1. The summed E-state index contributed by atoms with van der Waals surface area (Å²) in [6, 6.07) is 0.0378. The van der Waals surface area contributed by atoms with Crippen LogP contribution in [0.4, 0.5) is 10.2 Å². The summed E-state index contributed by atoms with van der Waals surface area (Å²) in [5, 5.41) is 19.0. The van der Waals surface area contributed by atoms with Crippen LogP contribution in [0.15, 0.2) is 18.6 Å². The first-order valence-corrected chi connectivity index (χ1v) is 5.70. The van der Waals surface area contributed by atoms with Gasteiger partial charge in [0, 0.05) is 6.20 Å². The molecule has 0 unspecified atom stereocenters. The van der Waals surface area contributed by atoms with Gasteiger partial charge in [-0.3, -0.25) is 0 Å².